The van der Waals surface area contributed by atoms with Gasteiger partial charge in [-0.15, -0.1) is 0 Å². The number of unbranched alkanes of at least 4 members (excludes halogenated alkanes) is 6. The van der Waals surface area contributed by atoms with Crippen molar-refractivity contribution in [3.05, 3.63) is 0 Å². The van der Waals surface area contributed by atoms with Crippen LogP contribution in [0.3, 0.4) is 0 Å². The van der Waals surface area contributed by atoms with Gasteiger partial charge in [0.25, 0.3) is 0 Å². The quantitative estimate of drug-likeness (QED) is 0.0572. The van der Waals surface area contributed by atoms with Gasteiger partial charge >= 0.3 is 35.0 Å². The molecule has 0 spiro atoms. The smallest absolute Gasteiger partial charge is 0.550 e. The van der Waals surface area contributed by atoms with Crippen LogP contribution in [0.5, 0.6) is 0 Å². The Balaban J connectivity index is -0.000000114. The number of hydrogen-bond acceptors (Lipinski definition) is 9. The van der Waals surface area contributed by atoms with Crippen LogP contribution in [0.2, 0.25) is 0 Å². The van der Waals surface area contributed by atoms with Crippen molar-refractivity contribution in [2.24, 2.45) is 35.5 Å². The van der Waals surface area contributed by atoms with Gasteiger partial charge in [0.1, 0.15) is 0 Å². The van der Waals surface area contributed by atoms with Gasteiger partial charge in [-0.1, -0.05) is 160 Å². The van der Waals surface area contributed by atoms with Gasteiger partial charge in [0, 0.05) is 17.9 Å². The topological polar surface area (TPSA) is 232 Å². The molecule has 0 amide bonds. The van der Waals surface area contributed by atoms with E-state index in [4.69, 9.17) is 15.3 Å². The van der Waals surface area contributed by atoms with E-state index in [0.717, 1.165) is 135 Å². The average molecular weight is 918 g/mol. The monoisotopic (exact) mass is 918 g/mol. The molecule has 365 valence electrons. The molecule has 0 aromatic carbocycles. The van der Waals surface area contributed by atoms with Gasteiger partial charge in [-0.05, 0) is 94.8 Å². The van der Waals surface area contributed by atoms with Crippen LogP contribution < -0.4 is 15.3 Å². The predicted molar refractivity (Wildman–Crippen MR) is 238 cm³/mol. The standard InChI is InChI=1S/6C8H16O2.Fe/c6*1-3-5-6-7(4-2)8(9)10;/h6*7H,3-6H2,1-2H3,(H,9,10);/q;;;;;;+3/p-3. The summed E-state index contributed by atoms with van der Waals surface area (Å²) in [5.74, 6) is -5.61. The van der Waals surface area contributed by atoms with Crippen LogP contribution >= 0.6 is 0 Å². The van der Waals surface area contributed by atoms with Crippen LogP contribution in [0, 0.1) is 35.5 Å². The first-order chi connectivity index (χ1) is 28.3. The summed E-state index contributed by atoms with van der Waals surface area (Å²) < 4.78 is 0. The number of carbonyl (C=O) groups excluding carboxylic acids is 3. The number of rotatable bonds is 30. The fourth-order valence-corrected chi connectivity index (χ4v) is 5.68. The van der Waals surface area contributed by atoms with Crippen molar-refractivity contribution < 1.29 is 76.5 Å². The van der Waals surface area contributed by atoms with E-state index >= 15 is 0 Å². The molecule has 0 saturated carbocycles. The molecular formula is C48H93FeO12. The molecule has 0 saturated heterocycles. The minimum absolute atomic E-state index is 0. The minimum atomic E-state index is -0.893. The maximum absolute atomic E-state index is 10.4. The number of carboxylic acid groups (broad SMARTS) is 6. The molecule has 3 N–H and O–H groups in total. The summed E-state index contributed by atoms with van der Waals surface area (Å²) in [5, 5.41) is 56.8. The van der Waals surface area contributed by atoms with Crippen molar-refractivity contribution in [1.29, 1.82) is 0 Å². The minimum Gasteiger partial charge on any atom is -0.550 e. The van der Waals surface area contributed by atoms with Crippen LogP contribution in [-0.2, 0) is 45.8 Å². The number of hydrogen-bond donors (Lipinski definition) is 3. The van der Waals surface area contributed by atoms with Gasteiger partial charge in [0.15, 0.2) is 0 Å². The summed E-state index contributed by atoms with van der Waals surface area (Å²) in [6.45, 7) is 23.8. The van der Waals surface area contributed by atoms with Crippen molar-refractivity contribution in [3.8, 4) is 0 Å². The fourth-order valence-electron chi connectivity index (χ4n) is 5.68. The molecule has 61 heavy (non-hydrogen) atoms. The zero-order valence-electron chi connectivity index (χ0n) is 40.8. The SMILES string of the molecule is CCCCC(CC)C(=O)O.CCCCC(CC)C(=O)O.CCCCC(CC)C(=O)O.CCCCC(CC)C(=O)[O-].CCCCC(CC)C(=O)[O-].CCCCC(CC)C(=O)[O-].[Fe+3]. The molecule has 1 radical (unpaired) electrons. The van der Waals surface area contributed by atoms with Gasteiger partial charge < -0.3 is 45.0 Å². The average Bonchev–Trinajstić information content (AvgIpc) is 3.20. The molecular weight excluding hydrogens is 824 g/mol. The van der Waals surface area contributed by atoms with Crippen molar-refractivity contribution in [3.63, 3.8) is 0 Å². The molecule has 0 rings (SSSR count). The molecule has 0 aliphatic heterocycles. The molecule has 12 nitrogen and oxygen atoms in total. The Bertz CT molecular complexity index is 806. The molecule has 0 aromatic rings. The molecule has 0 aliphatic carbocycles. The second-order valence-corrected chi connectivity index (χ2v) is 15.5. The first kappa shape index (κ1) is 72.8. The first-order valence-corrected chi connectivity index (χ1v) is 23.6. The van der Waals surface area contributed by atoms with Gasteiger partial charge in [-0.2, -0.15) is 0 Å². The first-order valence-electron chi connectivity index (χ1n) is 23.6. The molecule has 0 aromatic heterocycles. The Labute approximate surface area is 383 Å². The Hall–Kier alpha value is -2.66. The Kier molecular flexibility index (Phi) is 66.0. The van der Waals surface area contributed by atoms with E-state index in [1.54, 1.807) is 0 Å². The van der Waals surface area contributed by atoms with Crippen LogP contribution in [0.4, 0.5) is 0 Å². The summed E-state index contributed by atoms with van der Waals surface area (Å²) >= 11 is 0. The van der Waals surface area contributed by atoms with Gasteiger partial charge in [-0.3, -0.25) is 14.4 Å². The number of carboxylic acids is 6. The van der Waals surface area contributed by atoms with Crippen LogP contribution in [0.15, 0.2) is 0 Å². The third-order valence-corrected chi connectivity index (χ3v) is 10.4. The van der Waals surface area contributed by atoms with E-state index in [1.165, 1.54) is 0 Å². The summed E-state index contributed by atoms with van der Waals surface area (Å²) in [6, 6.07) is 0. The molecule has 6 atom stereocenters. The molecule has 0 bridgehead atoms. The van der Waals surface area contributed by atoms with Gasteiger partial charge in [-0.25, -0.2) is 0 Å². The Morgan fingerprint density at radius 1 is 0.311 bits per heavy atom. The van der Waals surface area contributed by atoms with E-state index in [1.807, 2.05) is 41.5 Å². The van der Waals surface area contributed by atoms with E-state index in [-0.39, 0.29) is 52.6 Å². The van der Waals surface area contributed by atoms with Gasteiger partial charge in [0.05, 0.1) is 17.8 Å². The normalized spacial score (nSPS) is 12.8. The third kappa shape index (κ3) is 53.4. The zero-order chi connectivity index (χ0) is 47.9. The van der Waals surface area contributed by atoms with Crippen molar-refractivity contribution in [2.75, 3.05) is 0 Å². The summed E-state index contributed by atoms with van der Waals surface area (Å²) in [7, 11) is 0. The summed E-state index contributed by atoms with van der Waals surface area (Å²) in [5.41, 5.74) is 0. The molecule has 6 unspecified atom stereocenters. The predicted octanol–water partition coefficient (Wildman–Crippen LogP) is 9.72. The van der Waals surface area contributed by atoms with E-state index in [2.05, 4.69) is 41.5 Å². The Morgan fingerprint density at radius 3 is 0.525 bits per heavy atom. The zero-order valence-corrected chi connectivity index (χ0v) is 41.9. The molecule has 0 heterocycles. The van der Waals surface area contributed by atoms with Crippen molar-refractivity contribution in [1.82, 2.24) is 0 Å². The van der Waals surface area contributed by atoms with Crippen molar-refractivity contribution >= 4 is 35.8 Å². The van der Waals surface area contributed by atoms with E-state index < -0.39 is 35.8 Å². The summed E-state index contributed by atoms with van der Waals surface area (Å²) in [6.07, 6.45) is 21.7. The Morgan fingerprint density at radius 2 is 0.443 bits per heavy atom. The second kappa shape index (κ2) is 55.4. The third-order valence-electron chi connectivity index (χ3n) is 10.4. The maximum Gasteiger partial charge on any atom is 3.00 e. The van der Waals surface area contributed by atoms with Crippen LogP contribution in [0.25, 0.3) is 0 Å². The summed E-state index contributed by atoms with van der Waals surface area (Å²) in [4.78, 5) is 62.3. The van der Waals surface area contributed by atoms with Crippen molar-refractivity contribution in [2.45, 2.75) is 237 Å². The molecule has 0 fully saturated rings. The largest absolute Gasteiger partial charge is 3.00 e. The van der Waals surface area contributed by atoms with Crippen LogP contribution in [0.1, 0.15) is 237 Å². The maximum atomic E-state index is 10.4. The van der Waals surface area contributed by atoms with E-state index in [0.29, 0.717) is 19.3 Å². The fraction of sp³-hybridized carbons (Fsp3) is 0.875. The van der Waals surface area contributed by atoms with Crippen LogP contribution in [-0.4, -0.2) is 51.1 Å². The number of carbonyl (C=O) groups is 6. The van der Waals surface area contributed by atoms with Gasteiger partial charge in [0.2, 0.25) is 0 Å². The number of aliphatic carboxylic acids is 6. The molecule has 13 heteroatoms. The van der Waals surface area contributed by atoms with E-state index in [9.17, 15) is 44.1 Å². The second-order valence-electron chi connectivity index (χ2n) is 15.5. The molecule has 0 aliphatic rings.